The van der Waals surface area contributed by atoms with E-state index in [0.717, 1.165) is 0 Å². The summed E-state index contributed by atoms with van der Waals surface area (Å²) in [6.45, 7) is -2.77. The van der Waals surface area contributed by atoms with Crippen molar-refractivity contribution >= 4 is 23.2 Å². The third-order valence-electron chi connectivity index (χ3n) is 2.44. The molecule has 1 aromatic carbocycles. The predicted molar refractivity (Wildman–Crippen MR) is 70.8 cm³/mol. The Hall–Kier alpha value is -2.35. The summed E-state index contributed by atoms with van der Waals surface area (Å²) in [5.41, 5.74) is 0.528. The van der Waals surface area contributed by atoms with E-state index >= 15 is 0 Å². The van der Waals surface area contributed by atoms with Crippen LogP contribution in [0.5, 0.6) is 5.75 Å². The fourth-order valence-corrected chi connectivity index (χ4v) is 1.78. The number of nitro groups is 1. The highest BCUT2D eigenvalue weighted by atomic mass is 35.5. The van der Waals surface area contributed by atoms with Gasteiger partial charge in [-0.2, -0.15) is 8.78 Å². The quantitative estimate of drug-likeness (QED) is 0.642. The molecule has 0 saturated heterocycles. The zero-order valence-corrected chi connectivity index (χ0v) is 11.1. The van der Waals surface area contributed by atoms with E-state index in [1.807, 2.05) is 0 Å². The standard InChI is InChI=1S/C12H9ClF2N2O4/c13-9-5-7(1-3-10(9)21-12(14)15)16-6-8-2-4-11(20-8)17(18)19/h1-5,12,16H,6H2. The van der Waals surface area contributed by atoms with Crippen molar-refractivity contribution in [3.8, 4) is 5.75 Å². The lowest BCUT2D eigenvalue weighted by Crippen LogP contribution is -2.03. The molecule has 0 saturated carbocycles. The van der Waals surface area contributed by atoms with Crippen molar-refractivity contribution in [1.82, 2.24) is 0 Å². The van der Waals surface area contributed by atoms with E-state index in [0.29, 0.717) is 11.4 Å². The summed E-state index contributed by atoms with van der Waals surface area (Å²) in [5, 5.41) is 13.4. The van der Waals surface area contributed by atoms with Crippen molar-refractivity contribution in [2.75, 3.05) is 5.32 Å². The number of halogens is 3. The summed E-state index contributed by atoms with van der Waals surface area (Å²) in [6, 6.07) is 6.88. The second-order valence-corrected chi connectivity index (χ2v) is 4.28. The molecule has 1 aromatic heterocycles. The van der Waals surface area contributed by atoms with E-state index in [1.54, 1.807) is 0 Å². The minimum Gasteiger partial charge on any atom is -0.433 e. The van der Waals surface area contributed by atoms with Gasteiger partial charge in [0.15, 0.2) is 0 Å². The molecule has 0 aliphatic rings. The molecule has 9 heteroatoms. The van der Waals surface area contributed by atoms with Gasteiger partial charge in [-0.25, -0.2) is 0 Å². The van der Waals surface area contributed by atoms with Crippen LogP contribution in [0.2, 0.25) is 5.02 Å². The highest BCUT2D eigenvalue weighted by Gasteiger charge is 2.12. The van der Waals surface area contributed by atoms with E-state index in [1.165, 1.54) is 30.3 Å². The van der Waals surface area contributed by atoms with Gasteiger partial charge < -0.3 is 14.5 Å². The molecule has 0 atom stereocenters. The van der Waals surface area contributed by atoms with Gasteiger partial charge in [-0.05, 0) is 24.3 Å². The molecule has 0 bridgehead atoms. The van der Waals surface area contributed by atoms with Crippen LogP contribution in [0.15, 0.2) is 34.7 Å². The average molecular weight is 319 g/mol. The molecule has 21 heavy (non-hydrogen) atoms. The fourth-order valence-electron chi connectivity index (χ4n) is 1.55. The molecule has 2 rings (SSSR count). The van der Waals surface area contributed by atoms with Crippen molar-refractivity contribution in [1.29, 1.82) is 0 Å². The monoisotopic (exact) mass is 318 g/mol. The van der Waals surface area contributed by atoms with Crippen molar-refractivity contribution in [2.45, 2.75) is 13.2 Å². The molecule has 0 radical (unpaired) electrons. The van der Waals surface area contributed by atoms with Crippen LogP contribution in [0.3, 0.4) is 0 Å². The smallest absolute Gasteiger partial charge is 0.433 e. The highest BCUT2D eigenvalue weighted by molar-refractivity contribution is 6.32. The summed E-state index contributed by atoms with van der Waals surface area (Å²) in [4.78, 5) is 9.82. The summed E-state index contributed by atoms with van der Waals surface area (Å²) in [6.07, 6.45) is 0. The zero-order chi connectivity index (χ0) is 15.4. The van der Waals surface area contributed by atoms with Crippen LogP contribution in [0, 0.1) is 10.1 Å². The molecule has 1 heterocycles. The van der Waals surface area contributed by atoms with Gasteiger partial charge in [0.2, 0.25) is 0 Å². The first kappa shape index (κ1) is 15.0. The first-order valence-corrected chi connectivity index (χ1v) is 6.05. The van der Waals surface area contributed by atoms with Crippen LogP contribution in [-0.4, -0.2) is 11.5 Å². The maximum Gasteiger partial charge on any atom is 0.433 e. The Bertz CT molecular complexity index is 648. The second-order valence-electron chi connectivity index (χ2n) is 3.87. The molecule has 0 fully saturated rings. The largest absolute Gasteiger partial charge is 0.433 e. The SMILES string of the molecule is O=[N+]([O-])c1ccc(CNc2ccc(OC(F)F)c(Cl)c2)o1. The molecular formula is C12H9ClF2N2O4. The topological polar surface area (TPSA) is 77.5 Å². The van der Waals surface area contributed by atoms with Gasteiger partial charge in [-0.15, -0.1) is 0 Å². The number of nitrogens with one attached hydrogen (secondary N) is 1. The van der Waals surface area contributed by atoms with Crippen LogP contribution in [0.1, 0.15) is 5.76 Å². The first-order valence-electron chi connectivity index (χ1n) is 5.67. The van der Waals surface area contributed by atoms with Gasteiger partial charge in [0.1, 0.15) is 16.4 Å². The summed E-state index contributed by atoms with van der Waals surface area (Å²) in [7, 11) is 0. The van der Waals surface area contributed by atoms with Gasteiger partial charge in [0.05, 0.1) is 17.6 Å². The van der Waals surface area contributed by atoms with Gasteiger partial charge >= 0.3 is 12.5 Å². The number of rotatable bonds is 6. The lowest BCUT2D eigenvalue weighted by atomic mass is 10.3. The number of benzene rings is 1. The van der Waals surface area contributed by atoms with Crippen LogP contribution in [-0.2, 0) is 6.54 Å². The molecule has 0 unspecified atom stereocenters. The number of hydrogen-bond donors (Lipinski definition) is 1. The second kappa shape index (κ2) is 6.40. The number of alkyl halides is 2. The lowest BCUT2D eigenvalue weighted by Gasteiger charge is -2.09. The van der Waals surface area contributed by atoms with Crippen molar-refractivity contribution in [2.24, 2.45) is 0 Å². The van der Waals surface area contributed by atoms with E-state index in [-0.39, 0.29) is 23.2 Å². The van der Waals surface area contributed by atoms with E-state index < -0.39 is 11.5 Å². The van der Waals surface area contributed by atoms with Crippen molar-refractivity contribution in [3.05, 3.63) is 51.2 Å². The maximum absolute atomic E-state index is 12.1. The Morgan fingerprint density at radius 1 is 1.38 bits per heavy atom. The number of hydrogen-bond acceptors (Lipinski definition) is 5. The van der Waals surface area contributed by atoms with Crippen molar-refractivity contribution in [3.63, 3.8) is 0 Å². The molecule has 0 amide bonds. The fraction of sp³-hybridized carbons (Fsp3) is 0.167. The average Bonchev–Trinajstić information content (AvgIpc) is 2.88. The Balaban J connectivity index is 1.99. The predicted octanol–water partition coefficient (Wildman–Crippen LogP) is 4.05. The molecule has 0 spiro atoms. The molecule has 0 aliphatic heterocycles. The Kier molecular flexibility index (Phi) is 4.59. The number of nitrogens with zero attached hydrogens (tertiary/aromatic N) is 1. The highest BCUT2D eigenvalue weighted by Crippen LogP contribution is 2.29. The number of ether oxygens (including phenoxy) is 1. The van der Waals surface area contributed by atoms with Gasteiger partial charge in [0.25, 0.3) is 0 Å². The molecule has 0 aliphatic carbocycles. The third-order valence-corrected chi connectivity index (χ3v) is 2.74. The van der Waals surface area contributed by atoms with Gasteiger partial charge in [0, 0.05) is 5.69 Å². The molecular weight excluding hydrogens is 310 g/mol. The van der Waals surface area contributed by atoms with Crippen LogP contribution >= 0.6 is 11.6 Å². The Morgan fingerprint density at radius 2 is 2.14 bits per heavy atom. The minimum atomic E-state index is -2.95. The molecule has 112 valence electrons. The van der Waals surface area contributed by atoms with Crippen LogP contribution in [0.25, 0.3) is 0 Å². The van der Waals surface area contributed by atoms with Crippen LogP contribution in [0.4, 0.5) is 20.4 Å². The van der Waals surface area contributed by atoms with E-state index in [4.69, 9.17) is 16.0 Å². The number of furan rings is 1. The summed E-state index contributed by atoms with van der Waals surface area (Å²) >= 11 is 5.79. The molecule has 1 N–H and O–H groups in total. The van der Waals surface area contributed by atoms with Crippen molar-refractivity contribution < 1.29 is 22.9 Å². The molecule has 2 aromatic rings. The zero-order valence-electron chi connectivity index (χ0n) is 10.4. The van der Waals surface area contributed by atoms with Gasteiger partial charge in [-0.1, -0.05) is 11.6 Å². The Morgan fingerprint density at radius 3 is 2.71 bits per heavy atom. The van der Waals surface area contributed by atoms with E-state index in [2.05, 4.69) is 10.1 Å². The summed E-state index contributed by atoms with van der Waals surface area (Å²) in [5.74, 6) is -0.137. The summed E-state index contributed by atoms with van der Waals surface area (Å²) < 4.78 is 33.3. The maximum atomic E-state index is 12.1. The minimum absolute atomic E-state index is 0.0192. The third kappa shape index (κ3) is 4.06. The number of anilines is 1. The Labute approximate surface area is 122 Å². The lowest BCUT2D eigenvalue weighted by molar-refractivity contribution is -0.402. The normalized spacial score (nSPS) is 10.7. The van der Waals surface area contributed by atoms with Gasteiger partial charge in [-0.3, -0.25) is 10.1 Å². The molecule has 6 nitrogen and oxygen atoms in total. The first-order chi connectivity index (χ1) is 9.95. The van der Waals surface area contributed by atoms with E-state index in [9.17, 15) is 18.9 Å². The van der Waals surface area contributed by atoms with Crippen LogP contribution < -0.4 is 10.1 Å².